The topological polar surface area (TPSA) is 66.5 Å². The molecular formula is C21H28N2O3S. The molecule has 2 rings (SSSR count). The van der Waals surface area contributed by atoms with E-state index in [1.807, 2.05) is 50.2 Å². The summed E-state index contributed by atoms with van der Waals surface area (Å²) in [5.74, 6) is -0.0515. The number of rotatable bonds is 9. The molecule has 1 amide bonds. The van der Waals surface area contributed by atoms with E-state index >= 15 is 0 Å². The molecule has 0 aliphatic carbocycles. The summed E-state index contributed by atoms with van der Waals surface area (Å²) in [4.78, 5) is 14.6. The molecule has 0 saturated carbocycles. The molecule has 6 heteroatoms. The minimum Gasteiger partial charge on any atom is -0.338 e. The van der Waals surface area contributed by atoms with Crippen LogP contribution in [0.25, 0.3) is 0 Å². The Balaban J connectivity index is 1.97. The number of hydrogen-bond donors (Lipinski definition) is 1. The van der Waals surface area contributed by atoms with E-state index in [1.165, 1.54) is 0 Å². The zero-order valence-electron chi connectivity index (χ0n) is 16.2. The van der Waals surface area contributed by atoms with Crippen molar-refractivity contribution in [1.82, 2.24) is 9.62 Å². The normalized spacial score (nSPS) is 11.4. The molecule has 1 N–H and O–H groups in total. The Bertz CT molecular complexity index is 864. The van der Waals surface area contributed by atoms with Gasteiger partial charge in [0, 0.05) is 26.1 Å². The van der Waals surface area contributed by atoms with E-state index in [4.69, 9.17) is 0 Å². The monoisotopic (exact) mass is 388 g/mol. The van der Waals surface area contributed by atoms with Crippen LogP contribution < -0.4 is 4.72 Å². The fourth-order valence-electron chi connectivity index (χ4n) is 2.89. The number of carbonyl (C=O) groups is 1. The van der Waals surface area contributed by atoms with E-state index in [0.29, 0.717) is 18.7 Å². The zero-order valence-corrected chi connectivity index (χ0v) is 17.1. The average Bonchev–Trinajstić information content (AvgIpc) is 2.64. The minimum atomic E-state index is -3.63. The number of sulfonamides is 1. The van der Waals surface area contributed by atoms with Crippen molar-refractivity contribution in [2.24, 2.45) is 0 Å². The van der Waals surface area contributed by atoms with Crippen molar-refractivity contribution in [3.63, 3.8) is 0 Å². The van der Waals surface area contributed by atoms with E-state index < -0.39 is 10.0 Å². The molecule has 0 aliphatic rings. The van der Waals surface area contributed by atoms with Gasteiger partial charge < -0.3 is 4.90 Å². The summed E-state index contributed by atoms with van der Waals surface area (Å²) in [7, 11) is -3.63. The van der Waals surface area contributed by atoms with Crippen LogP contribution in [-0.4, -0.2) is 32.3 Å². The third kappa shape index (κ3) is 6.19. The molecule has 27 heavy (non-hydrogen) atoms. The van der Waals surface area contributed by atoms with E-state index in [-0.39, 0.29) is 23.8 Å². The number of nitrogens with zero attached hydrogens (tertiary/aromatic N) is 1. The van der Waals surface area contributed by atoms with Gasteiger partial charge in [-0.3, -0.25) is 4.79 Å². The molecule has 0 saturated heterocycles. The second-order valence-electron chi connectivity index (χ2n) is 6.72. The highest BCUT2D eigenvalue weighted by Gasteiger charge is 2.18. The van der Waals surface area contributed by atoms with Gasteiger partial charge in [-0.25, -0.2) is 13.1 Å². The fourth-order valence-corrected chi connectivity index (χ4v) is 4.25. The molecule has 146 valence electrons. The molecule has 0 bridgehead atoms. The highest BCUT2D eigenvalue weighted by atomic mass is 32.2. The van der Waals surface area contributed by atoms with E-state index in [1.54, 1.807) is 24.0 Å². The van der Waals surface area contributed by atoms with Crippen LogP contribution >= 0.6 is 0 Å². The lowest BCUT2D eigenvalue weighted by molar-refractivity contribution is -0.131. The Hall–Kier alpha value is -2.18. The molecular weight excluding hydrogens is 360 g/mol. The first-order valence-corrected chi connectivity index (χ1v) is 10.7. The quantitative estimate of drug-likeness (QED) is 0.716. The molecule has 5 nitrogen and oxygen atoms in total. The smallest absolute Gasteiger partial charge is 0.240 e. The lowest BCUT2D eigenvalue weighted by atomic mass is 10.2. The van der Waals surface area contributed by atoms with Crippen LogP contribution in [0, 0.1) is 13.8 Å². The Morgan fingerprint density at radius 1 is 1.07 bits per heavy atom. The standard InChI is InChI=1S/C21H28N2O3S/c1-4-14-23(16-19-8-6-5-7-9-19)21(24)12-13-22-27(25,26)20-15-17(2)10-11-18(20)3/h5-11,15,22H,4,12-14,16H2,1-3H3. The van der Waals surface area contributed by atoms with Gasteiger partial charge in [0.25, 0.3) is 0 Å². The van der Waals surface area contributed by atoms with Crippen molar-refractivity contribution in [2.75, 3.05) is 13.1 Å². The van der Waals surface area contributed by atoms with Crippen molar-refractivity contribution < 1.29 is 13.2 Å². The van der Waals surface area contributed by atoms with Gasteiger partial charge in [-0.1, -0.05) is 49.4 Å². The van der Waals surface area contributed by atoms with Gasteiger partial charge in [0.15, 0.2) is 0 Å². The van der Waals surface area contributed by atoms with Crippen LogP contribution in [0.5, 0.6) is 0 Å². The maximum absolute atomic E-state index is 12.6. The molecule has 0 aliphatic heterocycles. The molecule has 2 aromatic carbocycles. The summed E-state index contributed by atoms with van der Waals surface area (Å²) in [6.45, 7) is 6.92. The predicted molar refractivity (Wildman–Crippen MR) is 108 cm³/mol. The van der Waals surface area contributed by atoms with E-state index in [9.17, 15) is 13.2 Å². The minimum absolute atomic E-state index is 0.0515. The SMILES string of the molecule is CCCN(Cc1ccccc1)C(=O)CCNS(=O)(=O)c1cc(C)ccc1C. The first-order chi connectivity index (χ1) is 12.8. The van der Waals surface area contributed by atoms with Gasteiger partial charge in [-0.2, -0.15) is 0 Å². The van der Waals surface area contributed by atoms with Gasteiger partial charge in [0.2, 0.25) is 15.9 Å². The van der Waals surface area contributed by atoms with Crippen LogP contribution in [0.2, 0.25) is 0 Å². The summed E-state index contributed by atoms with van der Waals surface area (Å²) in [6.07, 6.45) is 0.990. The summed E-state index contributed by atoms with van der Waals surface area (Å²) >= 11 is 0. The number of benzene rings is 2. The Labute approximate surface area is 162 Å². The van der Waals surface area contributed by atoms with Gasteiger partial charge in [-0.05, 0) is 43.0 Å². The van der Waals surface area contributed by atoms with Crippen molar-refractivity contribution in [3.05, 3.63) is 65.2 Å². The molecule has 0 aromatic heterocycles. The van der Waals surface area contributed by atoms with Crippen molar-refractivity contribution in [1.29, 1.82) is 0 Å². The summed E-state index contributed by atoms with van der Waals surface area (Å²) < 4.78 is 27.6. The first-order valence-electron chi connectivity index (χ1n) is 9.22. The van der Waals surface area contributed by atoms with Crippen molar-refractivity contribution >= 4 is 15.9 Å². The molecule has 0 fully saturated rings. The number of hydrogen-bond acceptors (Lipinski definition) is 3. The van der Waals surface area contributed by atoms with Crippen molar-refractivity contribution in [2.45, 2.75) is 45.1 Å². The maximum Gasteiger partial charge on any atom is 0.240 e. The van der Waals surface area contributed by atoms with Gasteiger partial charge in [0.05, 0.1) is 4.90 Å². The Kier molecular flexibility index (Phi) is 7.56. The zero-order chi connectivity index (χ0) is 19.9. The summed E-state index contributed by atoms with van der Waals surface area (Å²) in [5.41, 5.74) is 2.64. The Morgan fingerprint density at radius 2 is 1.78 bits per heavy atom. The molecule has 0 atom stereocenters. The second kappa shape index (κ2) is 9.67. The number of carbonyl (C=O) groups excluding carboxylic acids is 1. The van der Waals surface area contributed by atoms with E-state index in [2.05, 4.69) is 4.72 Å². The number of nitrogens with one attached hydrogen (secondary N) is 1. The molecule has 0 unspecified atom stereocenters. The van der Waals surface area contributed by atoms with Gasteiger partial charge in [-0.15, -0.1) is 0 Å². The highest BCUT2D eigenvalue weighted by Crippen LogP contribution is 2.16. The Morgan fingerprint density at radius 3 is 2.44 bits per heavy atom. The van der Waals surface area contributed by atoms with Crippen LogP contribution in [-0.2, 0) is 21.4 Å². The average molecular weight is 389 g/mol. The highest BCUT2D eigenvalue weighted by molar-refractivity contribution is 7.89. The van der Waals surface area contributed by atoms with E-state index in [0.717, 1.165) is 17.5 Å². The van der Waals surface area contributed by atoms with Crippen molar-refractivity contribution in [3.8, 4) is 0 Å². The van der Waals surface area contributed by atoms with Gasteiger partial charge in [0.1, 0.15) is 0 Å². The molecule has 2 aromatic rings. The molecule has 0 radical (unpaired) electrons. The lowest BCUT2D eigenvalue weighted by Gasteiger charge is -2.22. The maximum atomic E-state index is 12.6. The largest absolute Gasteiger partial charge is 0.338 e. The van der Waals surface area contributed by atoms with Gasteiger partial charge >= 0.3 is 0 Å². The summed E-state index contributed by atoms with van der Waals surface area (Å²) in [5, 5.41) is 0. The summed E-state index contributed by atoms with van der Waals surface area (Å²) in [6, 6.07) is 15.1. The van der Waals surface area contributed by atoms with Crippen LogP contribution in [0.3, 0.4) is 0 Å². The fraction of sp³-hybridized carbons (Fsp3) is 0.381. The third-order valence-electron chi connectivity index (χ3n) is 4.33. The number of amides is 1. The number of aryl methyl sites for hydroxylation is 2. The van der Waals surface area contributed by atoms with Crippen LogP contribution in [0.15, 0.2) is 53.4 Å². The third-order valence-corrected chi connectivity index (χ3v) is 5.93. The predicted octanol–water partition coefficient (Wildman–Crippen LogP) is 3.41. The lowest BCUT2D eigenvalue weighted by Crippen LogP contribution is -2.35. The van der Waals surface area contributed by atoms with Crippen LogP contribution in [0.1, 0.15) is 36.5 Å². The second-order valence-corrected chi connectivity index (χ2v) is 8.45. The molecule has 0 spiro atoms. The van der Waals surface area contributed by atoms with Crippen LogP contribution in [0.4, 0.5) is 0 Å². The molecule has 0 heterocycles. The first kappa shape index (κ1) is 21.1.